The van der Waals surface area contributed by atoms with Gasteiger partial charge in [0, 0.05) is 9.77 Å². The molecule has 0 fully saturated rings. The van der Waals surface area contributed by atoms with E-state index >= 15 is 0 Å². The van der Waals surface area contributed by atoms with Gasteiger partial charge in [-0.3, -0.25) is 0 Å². The molecule has 0 bridgehead atoms. The number of thioether (sulfide) groups is 1. The fourth-order valence-corrected chi connectivity index (χ4v) is 2.39. The molecule has 1 N–H and O–H groups in total. The molecule has 2 nitrogen and oxygen atoms in total. The molecule has 0 unspecified atom stereocenters. The molecule has 15 heavy (non-hydrogen) atoms. The number of rotatable bonds is 4. The fourth-order valence-electron chi connectivity index (χ4n) is 1.06. The molecule has 1 rings (SSSR count). The third-order valence-electron chi connectivity index (χ3n) is 1.89. The maximum absolute atomic E-state index is 9.19. The van der Waals surface area contributed by atoms with Crippen molar-refractivity contribution in [1.29, 1.82) is 0 Å². The first-order valence-electron chi connectivity index (χ1n) is 4.62. The van der Waals surface area contributed by atoms with Crippen LogP contribution in [0.3, 0.4) is 0 Å². The van der Waals surface area contributed by atoms with E-state index in [0.29, 0.717) is 5.02 Å². The Bertz CT molecular complexity index is 339. The molecule has 0 aliphatic heterocycles. The summed E-state index contributed by atoms with van der Waals surface area (Å²) < 4.78 is 4.99. The average Bonchev–Trinajstić information content (AvgIpc) is 2.18. The van der Waals surface area contributed by atoms with Gasteiger partial charge >= 0.3 is 0 Å². The third-order valence-corrected chi connectivity index (χ3v) is 3.35. The van der Waals surface area contributed by atoms with E-state index in [1.54, 1.807) is 24.9 Å². The second-order valence-corrected chi connectivity index (χ2v) is 6.00. The van der Waals surface area contributed by atoms with Gasteiger partial charge in [0.25, 0.3) is 0 Å². The maximum Gasteiger partial charge on any atom is 0.132 e. The number of methoxy groups -OCH3 is 1. The van der Waals surface area contributed by atoms with Crippen LogP contribution in [-0.4, -0.2) is 23.6 Å². The second kappa shape index (κ2) is 5.10. The Labute approximate surface area is 99.6 Å². The summed E-state index contributed by atoms with van der Waals surface area (Å²) in [7, 11) is 1.62. The molecule has 0 aliphatic rings. The summed E-state index contributed by atoms with van der Waals surface area (Å²) in [4.78, 5) is 0.948. The zero-order valence-corrected chi connectivity index (χ0v) is 10.7. The van der Waals surface area contributed by atoms with Gasteiger partial charge in [0.2, 0.25) is 0 Å². The highest BCUT2D eigenvalue weighted by atomic mass is 35.5. The Morgan fingerprint density at radius 1 is 1.47 bits per heavy atom. The molecule has 0 radical (unpaired) electrons. The molecule has 1 aromatic rings. The molecule has 0 saturated heterocycles. The first kappa shape index (κ1) is 12.7. The van der Waals surface area contributed by atoms with E-state index < -0.39 is 0 Å². The first-order chi connectivity index (χ1) is 6.98. The third kappa shape index (κ3) is 3.59. The molecule has 0 atom stereocenters. The smallest absolute Gasteiger partial charge is 0.132 e. The van der Waals surface area contributed by atoms with Gasteiger partial charge in [0.15, 0.2) is 0 Å². The highest BCUT2D eigenvalue weighted by molar-refractivity contribution is 8.00. The maximum atomic E-state index is 9.19. The van der Waals surface area contributed by atoms with Gasteiger partial charge in [-0.15, -0.1) is 11.8 Å². The summed E-state index contributed by atoms with van der Waals surface area (Å²) in [5, 5.41) is 9.87. The molecule has 0 amide bonds. The Morgan fingerprint density at radius 2 is 2.13 bits per heavy atom. The van der Waals surface area contributed by atoms with Gasteiger partial charge in [-0.2, -0.15) is 0 Å². The predicted octanol–water partition coefficient (Wildman–Crippen LogP) is 3.21. The molecule has 0 aromatic heterocycles. The lowest BCUT2D eigenvalue weighted by Gasteiger charge is -2.22. The highest BCUT2D eigenvalue weighted by Crippen LogP contribution is 2.39. The molecule has 0 saturated carbocycles. The van der Waals surface area contributed by atoms with Gasteiger partial charge < -0.3 is 9.84 Å². The summed E-state index contributed by atoms with van der Waals surface area (Å²) >= 11 is 7.47. The number of benzene rings is 1. The van der Waals surface area contributed by atoms with Crippen LogP contribution in [0, 0.1) is 0 Å². The van der Waals surface area contributed by atoms with Crippen LogP contribution in [0.1, 0.15) is 13.8 Å². The van der Waals surface area contributed by atoms with E-state index in [1.807, 2.05) is 26.0 Å². The van der Waals surface area contributed by atoms with Gasteiger partial charge in [0.1, 0.15) is 5.75 Å². The van der Waals surface area contributed by atoms with Crippen molar-refractivity contribution in [3.8, 4) is 5.75 Å². The summed E-state index contributed by atoms with van der Waals surface area (Å²) in [5.41, 5.74) is 0. The quantitative estimate of drug-likeness (QED) is 0.828. The van der Waals surface area contributed by atoms with Crippen molar-refractivity contribution in [3.63, 3.8) is 0 Å². The van der Waals surface area contributed by atoms with Crippen molar-refractivity contribution in [3.05, 3.63) is 23.2 Å². The normalized spacial score (nSPS) is 11.5. The van der Waals surface area contributed by atoms with Crippen LogP contribution in [-0.2, 0) is 0 Å². The Morgan fingerprint density at radius 3 is 2.67 bits per heavy atom. The topological polar surface area (TPSA) is 29.5 Å². The standard InChI is InChI=1S/C11H15ClO2S/c1-11(2,7-13)15-10-6-8(12)4-5-9(10)14-3/h4-6,13H,7H2,1-3H3. The van der Waals surface area contributed by atoms with Crippen LogP contribution in [0.2, 0.25) is 5.02 Å². The van der Waals surface area contributed by atoms with Crippen molar-refractivity contribution in [1.82, 2.24) is 0 Å². The molecular weight excluding hydrogens is 232 g/mol. The number of aliphatic hydroxyl groups excluding tert-OH is 1. The summed E-state index contributed by atoms with van der Waals surface area (Å²) in [6, 6.07) is 5.47. The Balaban J connectivity index is 2.97. The van der Waals surface area contributed by atoms with Crippen LogP contribution in [0.5, 0.6) is 5.75 Å². The van der Waals surface area contributed by atoms with E-state index in [4.69, 9.17) is 16.3 Å². The number of aliphatic hydroxyl groups is 1. The number of hydrogen-bond donors (Lipinski definition) is 1. The molecule has 0 spiro atoms. The lowest BCUT2D eigenvalue weighted by Crippen LogP contribution is -2.19. The van der Waals surface area contributed by atoms with Gasteiger partial charge in [-0.1, -0.05) is 11.6 Å². The lowest BCUT2D eigenvalue weighted by molar-refractivity contribution is 0.265. The largest absolute Gasteiger partial charge is 0.496 e. The van der Waals surface area contributed by atoms with Crippen molar-refractivity contribution < 1.29 is 9.84 Å². The van der Waals surface area contributed by atoms with E-state index in [0.717, 1.165) is 10.6 Å². The number of halogens is 1. The van der Waals surface area contributed by atoms with Crippen molar-refractivity contribution in [2.75, 3.05) is 13.7 Å². The van der Waals surface area contributed by atoms with Crippen LogP contribution in [0.25, 0.3) is 0 Å². The van der Waals surface area contributed by atoms with Crippen LogP contribution >= 0.6 is 23.4 Å². The van der Waals surface area contributed by atoms with Gasteiger partial charge in [0.05, 0.1) is 18.6 Å². The summed E-state index contributed by atoms with van der Waals surface area (Å²) in [6.45, 7) is 4.04. The van der Waals surface area contributed by atoms with Gasteiger partial charge in [-0.05, 0) is 32.0 Å². The lowest BCUT2D eigenvalue weighted by atomic mass is 10.2. The molecule has 0 aliphatic carbocycles. The van der Waals surface area contributed by atoms with Crippen LogP contribution in [0.4, 0.5) is 0 Å². The zero-order chi connectivity index (χ0) is 11.5. The molecule has 84 valence electrons. The average molecular weight is 247 g/mol. The monoisotopic (exact) mass is 246 g/mol. The summed E-state index contributed by atoms with van der Waals surface area (Å²) in [5.74, 6) is 0.783. The van der Waals surface area contributed by atoms with Crippen LogP contribution < -0.4 is 4.74 Å². The minimum atomic E-state index is -0.238. The summed E-state index contributed by atoms with van der Waals surface area (Å²) in [6.07, 6.45) is 0. The first-order valence-corrected chi connectivity index (χ1v) is 5.81. The zero-order valence-electron chi connectivity index (χ0n) is 9.08. The number of hydrogen-bond acceptors (Lipinski definition) is 3. The van der Waals surface area contributed by atoms with Gasteiger partial charge in [-0.25, -0.2) is 0 Å². The highest BCUT2D eigenvalue weighted by Gasteiger charge is 2.20. The second-order valence-electron chi connectivity index (χ2n) is 3.82. The van der Waals surface area contributed by atoms with Crippen molar-refractivity contribution in [2.24, 2.45) is 0 Å². The molecule has 0 heterocycles. The minimum absolute atomic E-state index is 0.104. The predicted molar refractivity (Wildman–Crippen MR) is 65.0 cm³/mol. The molecular formula is C11H15ClO2S. The Hall–Kier alpha value is -0.380. The fraction of sp³-hybridized carbons (Fsp3) is 0.455. The van der Waals surface area contributed by atoms with E-state index in [-0.39, 0.29) is 11.4 Å². The van der Waals surface area contributed by atoms with E-state index in [1.165, 1.54) is 0 Å². The van der Waals surface area contributed by atoms with Crippen molar-refractivity contribution in [2.45, 2.75) is 23.5 Å². The SMILES string of the molecule is COc1ccc(Cl)cc1SC(C)(C)CO. The Kier molecular flexibility index (Phi) is 4.32. The van der Waals surface area contributed by atoms with Crippen molar-refractivity contribution >= 4 is 23.4 Å². The molecule has 1 aromatic carbocycles. The van der Waals surface area contributed by atoms with E-state index in [2.05, 4.69) is 0 Å². The van der Waals surface area contributed by atoms with Crippen LogP contribution in [0.15, 0.2) is 23.1 Å². The minimum Gasteiger partial charge on any atom is -0.496 e. The number of ether oxygens (including phenoxy) is 1. The van der Waals surface area contributed by atoms with E-state index in [9.17, 15) is 5.11 Å². The molecule has 4 heteroatoms.